The summed E-state index contributed by atoms with van der Waals surface area (Å²) in [6, 6.07) is 10.7. The van der Waals surface area contributed by atoms with E-state index in [4.69, 9.17) is 28.3 Å². The number of hydrogen-bond acceptors (Lipinski definition) is 3. The van der Waals surface area contributed by atoms with Gasteiger partial charge in [-0.1, -0.05) is 42.3 Å². The monoisotopic (exact) mass is 387 g/mol. The lowest BCUT2D eigenvalue weighted by atomic mass is 10.1. The molecule has 0 fully saturated rings. The maximum atomic E-state index is 12.9. The van der Waals surface area contributed by atoms with Crippen LogP contribution in [0.4, 0.5) is 5.69 Å². The van der Waals surface area contributed by atoms with Crippen molar-refractivity contribution in [1.82, 2.24) is 0 Å². The summed E-state index contributed by atoms with van der Waals surface area (Å²) in [4.78, 5) is 10.9. The highest BCUT2D eigenvalue weighted by atomic mass is 35.5. The number of aliphatic carboxylic acids is 1. The molecule has 0 bridgehead atoms. The van der Waals surface area contributed by atoms with Gasteiger partial charge >= 0.3 is 5.97 Å². The summed E-state index contributed by atoms with van der Waals surface area (Å²) in [5, 5.41) is 9.28. The molecule has 8 heteroatoms. The van der Waals surface area contributed by atoms with Crippen LogP contribution in [-0.2, 0) is 21.2 Å². The van der Waals surface area contributed by atoms with Crippen molar-refractivity contribution in [3.05, 3.63) is 58.1 Å². The Morgan fingerprint density at radius 2 is 1.75 bits per heavy atom. The van der Waals surface area contributed by atoms with Crippen LogP contribution in [-0.4, -0.2) is 26.0 Å². The predicted molar refractivity (Wildman–Crippen MR) is 94.4 cm³/mol. The number of sulfonamides is 1. The van der Waals surface area contributed by atoms with Gasteiger partial charge in [-0.05, 0) is 42.3 Å². The number of benzene rings is 2. The van der Waals surface area contributed by atoms with Gasteiger partial charge < -0.3 is 5.11 Å². The summed E-state index contributed by atoms with van der Waals surface area (Å²) in [6.07, 6.45) is 0.784. The van der Waals surface area contributed by atoms with Crippen LogP contribution < -0.4 is 4.31 Å². The minimum Gasteiger partial charge on any atom is -0.480 e. The largest absolute Gasteiger partial charge is 0.480 e. The van der Waals surface area contributed by atoms with E-state index >= 15 is 0 Å². The third-order valence-electron chi connectivity index (χ3n) is 3.37. The molecule has 0 saturated carbocycles. The molecule has 0 aliphatic rings. The number of carbonyl (C=O) groups is 1. The fraction of sp³-hybridized carbons (Fsp3) is 0.188. The Hall–Kier alpha value is -1.76. The second-order valence-electron chi connectivity index (χ2n) is 5.00. The lowest BCUT2D eigenvalue weighted by Gasteiger charge is -2.23. The van der Waals surface area contributed by atoms with Crippen molar-refractivity contribution in [2.24, 2.45) is 0 Å². The Morgan fingerprint density at radius 3 is 2.29 bits per heavy atom. The average Bonchev–Trinajstić information content (AvgIpc) is 2.54. The summed E-state index contributed by atoms with van der Waals surface area (Å²) in [5.74, 6) is -1.28. The first-order valence-corrected chi connectivity index (χ1v) is 9.24. The van der Waals surface area contributed by atoms with Gasteiger partial charge in [-0.3, -0.25) is 9.10 Å². The van der Waals surface area contributed by atoms with Crippen molar-refractivity contribution in [3.8, 4) is 0 Å². The lowest BCUT2D eigenvalue weighted by Crippen LogP contribution is -2.35. The molecular weight excluding hydrogens is 373 g/mol. The van der Waals surface area contributed by atoms with Crippen LogP contribution in [0, 0.1) is 0 Å². The molecular formula is C16H15Cl2NO4S. The number of aryl methyl sites for hydroxylation is 1. The number of nitrogens with zero attached hydrogens (tertiary/aromatic N) is 1. The van der Waals surface area contributed by atoms with Gasteiger partial charge in [0.2, 0.25) is 0 Å². The Bertz CT molecular complexity index is 851. The molecule has 5 nitrogen and oxygen atoms in total. The molecule has 0 radical (unpaired) electrons. The second kappa shape index (κ2) is 7.42. The average molecular weight is 388 g/mol. The summed E-state index contributed by atoms with van der Waals surface area (Å²) >= 11 is 11.8. The molecule has 0 unspecified atom stereocenters. The van der Waals surface area contributed by atoms with Crippen molar-refractivity contribution in [3.63, 3.8) is 0 Å². The highest BCUT2D eigenvalue weighted by Crippen LogP contribution is 2.30. The molecule has 24 heavy (non-hydrogen) atoms. The Kier molecular flexibility index (Phi) is 5.74. The number of rotatable bonds is 6. The summed E-state index contributed by atoms with van der Waals surface area (Å²) in [7, 11) is -4.19. The summed E-state index contributed by atoms with van der Waals surface area (Å²) < 4.78 is 26.6. The molecule has 0 saturated heterocycles. The first-order valence-electron chi connectivity index (χ1n) is 7.04. The van der Waals surface area contributed by atoms with E-state index < -0.39 is 22.5 Å². The zero-order chi connectivity index (χ0) is 17.9. The van der Waals surface area contributed by atoms with E-state index in [1.807, 2.05) is 6.92 Å². The van der Waals surface area contributed by atoms with E-state index in [-0.39, 0.29) is 20.6 Å². The first kappa shape index (κ1) is 18.6. The number of carboxylic acid groups (broad SMARTS) is 1. The highest BCUT2D eigenvalue weighted by molar-refractivity contribution is 7.93. The zero-order valence-electron chi connectivity index (χ0n) is 12.7. The van der Waals surface area contributed by atoms with Gasteiger partial charge in [0.1, 0.15) is 11.4 Å². The van der Waals surface area contributed by atoms with E-state index in [1.54, 1.807) is 24.3 Å². The standard InChI is InChI=1S/C16H15Cl2NO4S/c1-2-11-3-6-13(7-4-11)19(10-16(20)21)24(22,23)15-9-12(17)5-8-14(15)18/h3-9H,2,10H2,1H3,(H,20,21). The maximum Gasteiger partial charge on any atom is 0.324 e. The van der Waals surface area contributed by atoms with Gasteiger partial charge in [-0.2, -0.15) is 0 Å². The van der Waals surface area contributed by atoms with Crippen molar-refractivity contribution in [2.75, 3.05) is 10.8 Å². The van der Waals surface area contributed by atoms with Crippen LogP contribution in [0.2, 0.25) is 10.0 Å². The van der Waals surface area contributed by atoms with Gasteiger partial charge in [0, 0.05) is 5.02 Å². The molecule has 0 aromatic heterocycles. The van der Waals surface area contributed by atoms with Gasteiger partial charge in [0.25, 0.3) is 10.0 Å². The van der Waals surface area contributed by atoms with Crippen LogP contribution >= 0.6 is 23.2 Å². The third-order valence-corrected chi connectivity index (χ3v) is 5.86. The van der Waals surface area contributed by atoms with E-state index in [9.17, 15) is 13.2 Å². The minimum atomic E-state index is -4.19. The molecule has 2 aromatic carbocycles. The van der Waals surface area contributed by atoms with E-state index in [0.717, 1.165) is 16.3 Å². The molecule has 1 N–H and O–H groups in total. The van der Waals surface area contributed by atoms with Crippen molar-refractivity contribution in [1.29, 1.82) is 0 Å². The topological polar surface area (TPSA) is 74.7 Å². The molecule has 0 heterocycles. The number of anilines is 1. The molecule has 128 valence electrons. The molecule has 0 spiro atoms. The molecule has 0 aliphatic carbocycles. The van der Waals surface area contributed by atoms with Crippen molar-refractivity contribution in [2.45, 2.75) is 18.2 Å². The third kappa shape index (κ3) is 4.01. The Balaban J connectivity index is 2.57. The van der Waals surface area contributed by atoms with Crippen molar-refractivity contribution >= 4 is 44.9 Å². The molecule has 2 aromatic rings. The van der Waals surface area contributed by atoms with E-state index in [2.05, 4.69) is 0 Å². The molecule has 0 amide bonds. The van der Waals surface area contributed by atoms with Crippen LogP contribution in [0.25, 0.3) is 0 Å². The lowest BCUT2D eigenvalue weighted by molar-refractivity contribution is -0.135. The Labute approximate surface area is 150 Å². The number of carboxylic acids is 1. The van der Waals surface area contributed by atoms with E-state index in [1.165, 1.54) is 18.2 Å². The molecule has 2 rings (SSSR count). The quantitative estimate of drug-likeness (QED) is 0.816. The smallest absolute Gasteiger partial charge is 0.324 e. The van der Waals surface area contributed by atoms with Gasteiger partial charge in [0.05, 0.1) is 10.7 Å². The SMILES string of the molecule is CCc1ccc(N(CC(=O)O)S(=O)(=O)c2cc(Cl)ccc2Cl)cc1. The van der Waals surface area contributed by atoms with Crippen LogP contribution in [0.3, 0.4) is 0 Å². The van der Waals surface area contributed by atoms with Gasteiger partial charge in [-0.15, -0.1) is 0 Å². The fourth-order valence-corrected chi connectivity index (χ4v) is 4.28. The van der Waals surface area contributed by atoms with Crippen LogP contribution in [0.15, 0.2) is 47.4 Å². The number of halogens is 2. The normalized spacial score (nSPS) is 11.3. The number of hydrogen-bond donors (Lipinski definition) is 1. The van der Waals surface area contributed by atoms with Gasteiger partial charge in [0.15, 0.2) is 0 Å². The maximum absolute atomic E-state index is 12.9. The minimum absolute atomic E-state index is 0.0278. The molecule has 0 aliphatic heterocycles. The fourth-order valence-electron chi connectivity index (χ4n) is 2.13. The van der Waals surface area contributed by atoms with Crippen LogP contribution in [0.1, 0.15) is 12.5 Å². The summed E-state index contributed by atoms with van der Waals surface area (Å²) in [5.41, 5.74) is 1.25. The van der Waals surface area contributed by atoms with Crippen LogP contribution in [0.5, 0.6) is 0 Å². The van der Waals surface area contributed by atoms with E-state index in [0.29, 0.717) is 0 Å². The first-order chi connectivity index (χ1) is 11.3. The van der Waals surface area contributed by atoms with Gasteiger partial charge in [-0.25, -0.2) is 8.42 Å². The van der Waals surface area contributed by atoms with Crippen molar-refractivity contribution < 1.29 is 18.3 Å². The summed E-state index contributed by atoms with van der Waals surface area (Å²) in [6.45, 7) is 1.24. The molecule has 0 atom stereocenters. The predicted octanol–water partition coefficient (Wildman–Crippen LogP) is 3.84. The second-order valence-corrected chi connectivity index (χ2v) is 7.67. The Morgan fingerprint density at radius 1 is 1.12 bits per heavy atom. The highest BCUT2D eigenvalue weighted by Gasteiger charge is 2.29. The zero-order valence-corrected chi connectivity index (χ0v) is 15.1.